The van der Waals surface area contributed by atoms with Gasteiger partial charge in [-0.25, -0.2) is 13.8 Å². The van der Waals surface area contributed by atoms with Crippen molar-refractivity contribution in [2.45, 2.75) is 25.8 Å². The van der Waals surface area contributed by atoms with Crippen LogP contribution in [0.5, 0.6) is 5.88 Å². The van der Waals surface area contributed by atoms with Crippen molar-refractivity contribution in [1.29, 1.82) is 0 Å². The van der Waals surface area contributed by atoms with Crippen LogP contribution in [0.1, 0.15) is 30.3 Å². The smallest absolute Gasteiger partial charge is 0.223 e. The molecular formula is C21H23F2N3O3. The molecule has 3 rings (SSSR count). The van der Waals surface area contributed by atoms with Gasteiger partial charge >= 0.3 is 0 Å². The maximum atomic E-state index is 13.5. The van der Waals surface area contributed by atoms with Crippen molar-refractivity contribution in [3.63, 3.8) is 0 Å². The number of nitrogens with zero attached hydrogens (tertiary/aromatic N) is 3. The van der Waals surface area contributed by atoms with Crippen LogP contribution in [0.3, 0.4) is 0 Å². The lowest BCUT2D eigenvalue weighted by atomic mass is 10.1. The molecule has 0 aliphatic carbocycles. The molecule has 1 aromatic carbocycles. The lowest BCUT2D eigenvalue weighted by Gasteiger charge is -2.41. The minimum Gasteiger partial charge on any atom is -0.481 e. The van der Waals surface area contributed by atoms with E-state index in [1.54, 1.807) is 23.1 Å². The first-order valence-corrected chi connectivity index (χ1v) is 9.42. The zero-order valence-electron chi connectivity index (χ0n) is 16.4. The van der Waals surface area contributed by atoms with Gasteiger partial charge < -0.3 is 14.5 Å². The van der Waals surface area contributed by atoms with E-state index in [0.717, 1.165) is 6.07 Å². The Kier molecular flexibility index (Phi) is 6.41. The Bertz CT molecular complexity index is 886. The number of anilines is 1. The van der Waals surface area contributed by atoms with Gasteiger partial charge in [0, 0.05) is 56.3 Å². The number of carbonyl (C=O) groups excluding carboxylic acids is 2. The van der Waals surface area contributed by atoms with E-state index in [1.807, 2.05) is 11.8 Å². The summed E-state index contributed by atoms with van der Waals surface area (Å²) in [7, 11) is 1.47. The van der Waals surface area contributed by atoms with Gasteiger partial charge in [-0.15, -0.1) is 0 Å². The number of carbonyl (C=O) groups is 2. The van der Waals surface area contributed by atoms with E-state index in [2.05, 4.69) is 4.98 Å². The van der Waals surface area contributed by atoms with Gasteiger partial charge in [0.15, 0.2) is 5.78 Å². The molecule has 0 bridgehead atoms. The Balaban J connectivity index is 1.55. The summed E-state index contributed by atoms with van der Waals surface area (Å²) in [5.74, 6) is -1.26. The zero-order chi connectivity index (χ0) is 21.0. The molecule has 2 aromatic rings. The summed E-state index contributed by atoms with van der Waals surface area (Å²) in [4.78, 5) is 32.5. The van der Waals surface area contributed by atoms with Crippen LogP contribution in [0, 0.1) is 11.6 Å². The molecule has 1 aliphatic heterocycles. The van der Waals surface area contributed by atoms with Crippen LogP contribution in [0.15, 0.2) is 36.4 Å². The monoisotopic (exact) mass is 403 g/mol. The fourth-order valence-electron chi connectivity index (χ4n) is 3.46. The molecule has 8 heteroatoms. The molecule has 0 N–H and O–H groups in total. The third-order valence-electron chi connectivity index (χ3n) is 4.94. The zero-order valence-corrected chi connectivity index (χ0v) is 16.4. The van der Waals surface area contributed by atoms with E-state index < -0.39 is 11.6 Å². The van der Waals surface area contributed by atoms with Gasteiger partial charge in [-0.3, -0.25) is 9.59 Å². The topological polar surface area (TPSA) is 62.7 Å². The maximum absolute atomic E-state index is 13.5. The van der Waals surface area contributed by atoms with Crippen molar-refractivity contribution in [2.75, 3.05) is 31.6 Å². The highest BCUT2D eigenvalue weighted by Crippen LogP contribution is 2.23. The Morgan fingerprint density at radius 2 is 1.86 bits per heavy atom. The average Bonchev–Trinajstić information content (AvgIpc) is 2.70. The SMILES string of the molecule is COc1cccc(C(=O)CCC(=O)N2CCN(c3cc(F)cc(F)c3)[C@@H](C)C2)n1. The molecule has 29 heavy (non-hydrogen) atoms. The highest BCUT2D eigenvalue weighted by atomic mass is 19.1. The third-order valence-corrected chi connectivity index (χ3v) is 4.94. The highest BCUT2D eigenvalue weighted by molar-refractivity contribution is 5.96. The molecule has 0 radical (unpaired) electrons. The van der Waals surface area contributed by atoms with Crippen molar-refractivity contribution >= 4 is 17.4 Å². The number of ketones is 1. The Morgan fingerprint density at radius 3 is 2.52 bits per heavy atom. The first-order valence-electron chi connectivity index (χ1n) is 9.42. The molecule has 0 unspecified atom stereocenters. The number of methoxy groups -OCH3 is 1. The minimum atomic E-state index is -0.629. The highest BCUT2D eigenvalue weighted by Gasteiger charge is 2.27. The maximum Gasteiger partial charge on any atom is 0.223 e. The second-order valence-electron chi connectivity index (χ2n) is 7.00. The number of hydrogen-bond acceptors (Lipinski definition) is 5. The van der Waals surface area contributed by atoms with E-state index >= 15 is 0 Å². The van der Waals surface area contributed by atoms with Crippen LogP contribution in [0.2, 0.25) is 0 Å². The normalized spacial score (nSPS) is 16.6. The summed E-state index contributed by atoms with van der Waals surface area (Å²) in [5, 5.41) is 0. The van der Waals surface area contributed by atoms with Crippen LogP contribution < -0.4 is 9.64 Å². The van der Waals surface area contributed by atoms with E-state index in [1.165, 1.54) is 19.2 Å². The fourth-order valence-corrected chi connectivity index (χ4v) is 3.46. The number of rotatable bonds is 6. The van der Waals surface area contributed by atoms with Crippen molar-refractivity contribution in [2.24, 2.45) is 0 Å². The van der Waals surface area contributed by atoms with Gasteiger partial charge in [-0.1, -0.05) is 6.07 Å². The molecule has 154 valence electrons. The number of amides is 1. The third kappa shape index (κ3) is 5.07. The van der Waals surface area contributed by atoms with Crippen molar-refractivity contribution in [1.82, 2.24) is 9.88 Å². The summed E-state index contributed by atoms with van der Waals surface area (Å²) in [6.45, 7) is 3.20. The largest absolute Gasteiger partial charge is 0.481 e. The van der Waals surface area contributed by atoms with Crippen molar-refractivity contribution in [3.8, 4) is 5.88 Å². The molecular weight excluding hydrogens is 380 g/mol. The molecule has 1 aromatic heterocycles. The van der Waals surface area contributed by atoms with Gasteiger partial charge in [0.2, 0.25) is 11.8 Å². The summed E-state index contributed by atoms with van der Waals surface area (Å²) < 4.78 is 32.0. The number of halogens is 2. The lowest BCUT2D eigenvalue weighted by molar-refractivity contribution is -0.131. The number of pyridine rings is 1. The number of Topliss-reactive ketones (excluding diaryl/α,β-unsaturated/α-hetero) is 1. The van der Waals surface area contributed by atoms with Crippen LogP contribution in [-0.2, 0) is 4.79 Å². The predicted molar refractivity (Wildman–Crippen MR) is 104 cm³/mol. The van der Waals surface area contributed by atoms with Gasteiger partial charge in [0.05, 0.1) is 7.11 Å². The first kappa shape index (κ1) is 20.7. The molecule has 1 saturated heterocycles. The average molecular weight is 403 g/mol. The summed E-state index contributed by atoms with van der Waals surface area (Å²) in [6, 6.07) is 8.22. The summed E-state index contributed by atoms with van der Waals surface area (Å²) in [6.07, 6.45) is 0.141. The second-order valence-corrected chi connectivity index (χ2v) is 7.00. The van der Waals surface area contributed by atoms with Crippen molar-refractivity contribution in [3.05, 3.63) is 53.7 Å². The van der Waals surface area contributed by atoms with Crippen LogP contribution >= 0.6 is 0 Å². The lowest BCUT2D eigenvalue weighted by Crippen LogP contribution is -2.53. The van der Waals surface area contributed by atoms with E-state index in [4.69, 9.17) is 4.74 Å². The molecule has 0 spiro atoms. The van der Waals surface area contributed by atoms with Gasteiger partial charge in [-0.05, 0) is 25.1 Å². The minimum absolute atomic E-state index is 0.0582. The molecule has 2 heterocycles. The molecule has 0 saturated carbocycles. The number of benzene rings is 1. The number of piperazine rings is 1. The van der Waals surface area contributed by atoms with E-state index in [9.17, 15) is 18.4 Å². The van der Waals surface area contributed by atoms with Crippen LogP contribution in [0.4, 0.5) is 14.5 Å². The quantitative estimate of drug-likeness (QED) is 0.694. The van der Waals surface area contributed by atoms with Crippen LogP contribution in [0.25, 0.3) is 0 Å². The molecule has 6 nitrogen and oxygen atoms in total. The standard InChI is InChI=1S/C21H23F2N3O3/c1-14-13-25(8-9-26(14)17-11-15(22)10-16(23)12-17)21(28)7-6-19(27)18-4-3-5-20(24-18)29-2/h3-5,10-12,14H,6-9,13H2,1-2H3/t14-/m0/s1. The van der Waals surface area contributed by atoms with E-state index in [-0.39, 0.29) is 36.3 Å². The first-order chi connectivity index (χ1) is 13.9. The van der Waals surface area contributed by atoms with Gasteiger partial charge in [-0.2, -0.15) is 0 Å². The molecule has 1 amide bonds. The Morgan fingerprint density at radius 1 is 1.14 bits per heavy atom. The Hall–Kier alpha value is -3.03. The van der Waals surface area contributed by atoms with Gasteiger partial charge in [0.1, 0.15) is 17.3 Å². The molecule has 1 fully saturated rings. The van der Waals surface area contributed by atoms with Crippen molar-refractivity contribution < 1.29 is 23.1 Å². The second kappa shape index (κ2) is 8.98. The number of hydrogen-bond donors (Lipinski definition) is 0. The molecule has 1 aliphatic rings. The summed E-state index contributed by atoms with van der Waals surface area (Å²) >= 11 is 0. The Labute approximate surface area is 168 Å². The number of ether oxygens (including phenoxy) is 1. The summed E-state index contributed by atoms with van der Waals surface area (Å²) in [5.41, 5.74) is 0.727. The fraction of sp³-hybridized carbons (Fsp3) is 0.381. The predicted octanol–water partition coefficient (Wildman–Crippen LogP) is 3.07. The van der Waals surface area contributed by atoms with E-state index in [0.29, 0.717) is 31.2 Å². The number of aromatic nitrogens is 1. The van der Waals surface area contributed by atoms with Gasteiger partial charge in [0.25, 0.3) is 0 Å². The van der Waals surface area contributed by atoms with Crippen LogP contribution in [-0.4, -0.2) is 54.4 Å². The molecule has 1 atom stereocenters.